The molecule has 1 atom stereocenters. The highest BCUT2D eigenvalue weighted by Crippen LogP contribution is 2.21. The van der Waals surface area contributed by atoms with Gasteiger partial charge in [0.15, 0.2) is 0 Å². The van der Waals surface area contributed by atoms with Crippen molar-refractivity contribution in [2.24, 2.45) is 0 Å². The molecule has 1 unspecified atom stereocenters. The van der Waals surface area contributed by atoms with Crippen molar-refractivity contribution in [1.82, 2.24) is 0 Å². The van der Waals surface area contributed by atoms with Crippen molar-refractivity contribution in [2.75, 3.05) is 0 Å². The van der Waals surface area contributed by atoms with Crippen LogP contribution >= 0.6 is 0 Å². The molecule has 0 saturated heterocycles. The van der Waals surface area contributed by atoms with Gasteiger partial charge >= 0.3 is 0 Å². The summed E-state index contributed by atoms with van der Waals surface area (Å²) in [5.74, 6) is 0.836. The summed E-state index contributed by atoms with van der Waals surface area (Å²) in [6.45, 7) is 0.535. The van der Waals surface area contributed by atoms with Crippen LogP contribution in [0, 0.1) is 0 Å². The van der Waals surface area contributed by atoms with Crippen LogP contribution in [0.1, 0.15) is 12.0 Å². The van der Waals surface area contributed by atoms with Gasteiger partial charge in [0, 0.05) is 6.42 Å². The molecule has 0 radical (unpaired) electrons. The Kier molecular flexibility index (Phi) is 3.34. The van der Waals surface area contributed by atoms with Crippen molar-refractivity contribution in [2.45, 2.75) is 19.1 Å². The first-order valence-electron chi connectivity index (χ1n) is 6.48. The maximum Gasteiger partial charge on any atom is 0.113 e. The van der Waals surface area contributed by atoms with E-state index >= 15 is 0 Å². The van der Waals surface area contributed by atoms with E-state index in [0.29, 0.717) is 13.0 Å². The molecule has 1 aliphatic rings. The molecule has 1 N–H and O–H groups in total. The summed E-state index contributed by atoms with van der Waals surface area (Å²) in [7, 11) is 0. The Bertz CT molecular complexity index is 635. The molecule has 2 nitrogen and oxygen atoms in total. The van der Waals surface area contributed by atoms with E-state index < -0.39 is 6.10 Å². The lowest BCUT2D eigenvalue weighted by Crippen LogP contribution is -2.08. The zero-order valence-electron chi connectivity index (χ0n) is 10.6. The third kappa shape index (κ3) is 2.69. The van der Waals surface area contributed by atoms with Gasteiger partial charge in [-0.3, -0.25) is 0 Å². The molecular weight excluding hydrogens is 236 g/mol. The SMILES string of the molecule is OC1C=CC=C(OCc2cccc3ccccc23)C1. The predicted octanol–water partition coefficient (Wildman–Crippen LogP) is 3.56. The maximum absolute atomic E-state index is 9.54. The van der Waals surface area contributed by atoms with Gasteiger partial charge in [-0.15, -0.1) is 0 Å². The number of rotatable bonds is 3. The van der Waals surface area contributed by atoms with Crippen molar-refractivity contribution in [3.8, 4) is 0 Å². The summed E-state index contributed by atoms with van der Waals surface area (Å²) in [5, 5.41) is 12.0. The smallest absolute Gasteiger partial charge is 0.113 e. The van der Waals surface area contributed by atoms with Crippen molar-refractivity contribution in [1.29, 1.82) is 0 Å². The summed E-state index contributed by atoms with van der Waals surface area (Å²) in [6.07, 6.45) is 5.66. The fraction of sp³-hybridized carbons (Fsp3) is 0.176. The second-order valence-corrected chi connectivity index (χ2v) is 4.72. The summed E-state index contributed by atoms with van der Waals surface area (Å²) in [6, 6.07) is 14.5. The van der Waals surface area contributed by atoms with E-state index in [4.69, 9.17) is 4.74 Å². The van der Waals surface area contributed by atoms with E-state index in [9.17, 15) is 5.11 Å². The number of fused-ring (bicyclic) bond motifs is 1. The lowest BCUT2D eigenvalue weighted by Gasteiger charge is -2.16. The Morgan fingerprint density at radius 3 is 2.84 bits per heavy atom. The third-order valence-corrected chi connectivity index (χ3v) is 3.32. The molecule has 2 aromatic carbocycles. The summed E-state index contributed by atoms with van der Waals surface area (Å²) < 4.78 is 5.80. The first-order chi connectivity index (χ1) is 9.33. The molecule has 0 fully saturated rings. The number of ether oxygens (including phenoxy) is 1. The lowest BCUT2D eigenvalue weighted by atomic mass is 10.1. The second-order valence-electron chi connectivity index (χ2n) is 4.72. The minimum atomic E-state index is -0.424. The average molecular weight is 252 g/mol. The van der Waals surface area contributed by atoms with E-state index in [2.05, 4.69) is 24.3 Å². The molecule has 0 saturated carbocycles. The van der Waals surface area contributed by atoms with E-state index in [0.717, 1.165) is 5.76 Å². The van der Waals surface area contributed by atoms with Crippen molar-refractivity contribution < 1.29 is 9.84 Å². The summed E-state index contributed by atoms with van der Waals surface area (Å²) in [4.78, 5) is 0. The van der Waals surface area contributed by atoms with Crippen LogP contribution in [0.15, 0.2) is 66.5 Å². The van der Waals surface area contributed by atoms with Gasteiger partial charge in [0.2, 0.25) is 0 Å². The Labute approximate surface area is 112 Å². The highest BCUT2D eigenvalue weighted by molar-refractivity contribution is 5.85. The minimum absolute atomic E-state index is 0.424. The number of aliphatic hydroxyl groups is 1. The molecule has 19 heavy (non-hydrogen) atoms. The lowest BCUT2D eigenvalue weighted by molar-refractivity contribution is 0.146. The molecule has 3 rings (SSSR count). The summed E-state index contributed by atoms with van der Waals surface area (Å²) >= 11 is 0. The number of aliphatic hydroxyl groups excluding tert-OH is 1. The normalized spacial score (nSPS) is 18.4. The average Bonchev–Trinajstić information content (AvgIpc) is 2.45. The highest BCUT2D eigenvalue weighted by atomic mass is 16.5. The largest absolute Gasteiger partial charge is 0.493 e. The molecule has 0 aliphatic heterocycles. The molecule has 0 amide bonds. The third-order valence-electron chi connectivity index (χ3n) is 3.32. The molecular formula is C17H16O2. The number of hydrogen-bond acceptors (Lipinski definition) is 2. The Hall–Kier alpha value is -2.06. The summed E-state index contributed by atoms with van der Waals surface area (Å²) in [5.41, 5.74) is 1.17. The highest BCUT2D eigenvalue weighted by Gasteiger charge is 2.09. The Balaban J connectivity index is 1.79. The molecule has 0 spiro atoms. The van der Waals surface area contributed by atoms with Gasteiger partial charge in [0.05, 0.1) is 11.9 Å². The van der Waals surface area contributed by atoms with Crippen LogP contribution in [-0.2, 0) is 11.3 Å². The van der Waals surface area contributed by atoms with Crippen LogP contribution in [0.5, 0.6) is 0 Å². The van der Waals surface area contributed by atoms with Crippen molar-refractivity contribution in [3.05, 3.63) is 72.0 Å². The quantitative estimate of drug-likeness (QED) is 0.905. The molecule has 2 heteroatoms. The van der Waals surface area contributed by atoms with E-state index in [-0.39, 0.29) is 0 Å². The van der Waals surface area contributed by atoms with Gasteiger partial charge in [-0.2, -0.15) is 0 Å². The predicted molar refractivity (Wildman–Crippen MR) is 76.6 cm³/mol. The van der Waals surface area contributed by atoms with E-state index in [1.54, 1.807) is 6.08 Å². The van der Waals surface area contributed by atoms with E-state index in [1.165, 1.54) is 16.3 Å². The number of allylic oxidation sites excluding steroid dienone is 2. The maximum atomic E-state index is 9.54. The first kappa shape index (κ1) is 12.0. The number of benzene rings is 2. The first-order valence-corrected chi connectivity index (χ1v) is 6.48. The fourth-order valence-electron chi connectivity index (χ4n) is 2.33. The number of hydrogen-bond donors (Lipinski definition) is 1. The van der Waals surface area contributed by atoms with Crippen molar-refractivity contribution >= 4 is 10.8 Å². The Morgan fingerprint density at radius 1 is 1.11 bits per heavy atom. The fourth-order valence-corrected chi connectivity index (χ4v) is 2.33. The van der Waals surface area contributed by atoms with Crippen molar-refractivity contribution in [3.63, 3.8) is 0 Å². The van der Waals surface area contributed by atoms with Gasteiger partial charge < -0.3 is 9.84 Å². The Morgan fingerprint density at radius 2 is 1.95 bits per heavy atom. The van der Waals surface area contributed by atoms with Crippen LogP contribution in [0.2, 0.25) is 0 Å². The zero-order valence-corrected chi connectivity index (χ0v) is 10.6. The van der Waals surface area contributed by atoms with Crippen LogP contribution in [0.4, 0.5) is 0 Å². The molecule has 2 aromatic rings. The molecule has 0 bridgehead atoms. The van der Waals surface area contributed by atoms with Crippen LogP contribution < -0.4 is 0 Å². The standard InChI is InChI=1S/C17H16O2/c18-15-8-4-9-16(11-15)19-12-14-7-3-6-13-5-1-2-10-17(13)14/h1-10,15,18H,11-12H2. The van der Waals surface area contributed by atoms with Gasteiger partial charge in [0.1, 0.15) is 6.61 Å². The van der Waals surface area contributed by atoms with Gasteiger partial charge in [-0.25, -0.2) is 0 Å². The van der Waals surface area contributed by atoms with Gasteiger partial charge in [0.25, 0.3) is 0 Å². The second kappa shape index (κ2) is 5.29. The molecule has 1 aliphatic carbocycles. The van der Waals surface area contributed by atoms with Crippen LogP contribution in [0.3, 0.4) is 0 Å². The van der Waals surface area contributed by atoms with Crippen LogP contribution in [-0.4, -0.2) is 11.2 Å². The van der Waals surface area contributed by atoms with Crippen LogP contribution in [0.25, 0.3) is 10.8 Å². The van der Waals surface area contributed by atoms with Gasteiger partial charge in [-0.05, 0) is 22.4 Å². The van der Waals surface area contributed by atoms with Gasteiger partial charge in [-0.1, -0.05) is 54.6 Å². The molecule has 96 valence electrons. The zero-order chi connectivity index (χ0) is 13.1. The monoisotopic (exact) mass is 252 g/mol. The molecule has 0 aromatic heterocycles. The topological polar surface area (TPSA) is 29.5 Å². The molecule has 0 heterocycles. The minimum Gasteiger partial charge on any atom is -0.493 e. The van der Waals surface area contributed by atoms with E-state index in [1.807, 2.05) is 30.4 Å².